The van der Waals surface area contributed by atoms with Crippen LogP contribution in [0.15, 0.2) is 36.4 Å². The predicted molar refractivity (Wildman–Crippen MR) is 124 cm³/mol. The summed E-state index contributed by atoms with van der Waals surface area (Å²) < 4.78 is 11.6. The number of nitrogens with zero attached hydrogens (tertiary/aromatic N) is 2. The van der Waals surface area contributed by atoms with Gasteiger partial charge in [0.25, 0.3) is 0 Å². The molecule has 0 amide bonds. The zero-order valence-electron chi connectivity index (χ0n) is 19.0. The Bertz CT molecular complexity index is 1130. The van der Waals surface area contributed by atoms with Gasteiger partial charge >= 0.3 is 0 Å². The fourth-order valence-corrected chi connectivity index (χ4v) is 4.99. The number of pyridine rings is 2. The van der Waals surface area contributed by atoms with Crippen LogP contribution in [0.1, 0.15) is 23.2 Å². The molecule has 0 unspecified atom stereocenters. The van der Waals surface area contributed by atoms with Crippen molar-refractivity contribution in [1.82, 2.24) is 9.97 Å². The van der Waals surface area contributed by atoms with E-state index < -0.39 is 73.9 Å². The summed E-state index contributed by atoms with van der Waals surface area (Å²) in [4.78, 5) is 9.26. The van der Waals surface area contributed by atoms with Gasteiger partial charge in [-0.3, -0.25) is 9.97 Å². The SMILES string of the molecule is OC[C@H]1O[C@@H]2C#CC#C[C@H]3O[C@H](CO)[C@@H](c4cccc(n4)-c4cccc(n4)[C@H]1[C@H](O)[C@H]2O)[C@H](O)[C@H]3O. The van der Waals surface area contributed by atoms with Crippen molar-refractivity contribution >= 4 is 0 Å². The van der Waals surface area contributed by atoms with Crippen molar-refractivity contribution in [3.05, 3.63) is 47.8 Å². The van der Waals surface area contributed by atoms with E-state index in [1.54, 1.807) is 36.4 Å². The molecule has 0 radical (unpaired) electrons. The first-order valence-corrected chi connectivity index (χ1v) is 11.6. The highest BCUT2D eigenvalue weighted by Gasteiger charge is 2.46. The number of ether oxygens (including phenoxy) is 2. The van der Waals surface area contributed by atoms with Crippen LogP contribution in [0.2, 0.25) is 0 Å². The second-order valence-electron chi connectivity index (χ2n) is 9.00. The first kappa shape index (κ1) is 24.8. The molecule has 0 spiro atoms. The summed E-state index contributed by atoms with van der Waals surface area (Å²) in [5, 5.41) is 63.2. The molecule has 8 heterocycles. The molecule has 10 heteroatoms. The van der Waals surface area contributed by atoms with Gasteiger partial charge in [0.2, 0.25) is 0 Å². The number of aromatic nitrogens is 2. The molecule has 8 bridgehead atoms. The van der Waals surface area contributed by atoms with Gasteiger partial charge in [0, 0.05) is 11.4 Å². The number of aliphatic hydroxyl groups excluding tert-OH is 6. The molecule has 0 saturated carbocycles. The van der Waals surface area contributed by atoms with Crippen LogP contribution in [0.5, 0.6) is 0 Å². The van der Waals surface area contributed by atoms with E-state index >= 15 is 0 Å². The van der Waals surface area contributed by atoms with E-state index in [4.69, 9.17) is 9.47 Å². The van der Waals surface area contributed by atoms with Crippen LogP contribution in [0.25, 0.3) is 11.4 Å². The van der Waals surface area contributed by atoms with Crippen molar-refractivity contribution in [2.75, 3.05) is 13.2 Å². The highest BCUT2D eigenvalue weighted by Crippen LogP contribution is 2.36. The van der Waals surface area contributed by atoms with E-state index in [0.29, 0.717) is 22.8 Å². The van der Waals surface area contributed by atoms with E-state index in [-0.39, 0.29) is 0 Å². The second kappa shape index (κ2) is 10.2. The summed E-state index contributed by atoms with van der Waals surface area (Å²) in [6, 6.07) is 10.2. The van der Waals surface area contributed by atoms with Gasteiger partial charge in [-0.05, 0) is 36.1 Å². The molecule has 0 aliphatic carbocycles. The van der Waals surface area contributed by atoms with Crippen molar-refractivity contribution in [3.8, 4) is 35.1 Å². The minimum Gasteiger partial charge on any atom is -0.394 e. The van der Waals surface area contributed by atoms with Crippen LogP contribution < -0.4 is 0 Å². The molecular formula is C26H26N2O8. The number of hydrogen-bond acceptors (Lipinski definition) is 10. The van der Waals surface area contributed by atoms with E-state index in [1.165, 1.54) is 0 Å². The van der Waals surface area contributed by atoms with Gasteiger partial charge in [-0.15, -0.1) is 0 Å². The Kier molecular flexibility index (Phi) is 7.04. The normalized spacial score (nSPS) is 37.2. The van der Waals surface area contributed by atoms with Crippen LogP contribution in [0.3, 0.4) is 0 Å². The molecule has 8 rings (SSSR count). The summed E-state index contributed by atoms with van der Waals surface area (Å²) in [5.74, 6) is 8.62. The molecule has 0 aromatic carbocycles. The van der Waals surface area contributed by atoms with Gasteiger partial charge in [0.1, 0.15) is 24.4 Å². The van der Waals surface area contributed by atoms with Crippen LogP contribution >= 0.6 is 0 Å². The molecule has 188 valence electrons. The van der Waals surface area contributed by atoms with E-state index in [0.717, 1.165) is 0 Å². The average molecular weight is 495 g/mol. The zero-order valence-corrected chi connectivity index (χ0v) is 19.0. The van der Waals surface area contributed by atoms with Crippen molar-refractivity contribution in [3.63, 3.8) is 0 Å². The average Bonchev–Trinajstić information content (AvgIpc) is 2.90. The molecule has 6 aliphatic rings. The standard InChI is InChI=1S/C26H26N2O8/c29-11-19-21-15-7-3-5-13(27-15)14-6-4-8-16(28-14)22-20(12-30)36-18(24(32)26(22)34)10-2-1-9-17(35-19)23(31)25(21)33/h3-8,17-26,29-34H,11-12H2/t17-,18-,19-,20-,21-,22-,23+,24+,25+,26+/m1/s1. The fraction of sp³-hybridized carbons (Fsp3) is 0.462. The number of aliphatic hydroxyl groups is 6. The van der Waals surface area contributed by atoms with Gasteiger partial charge in [0.15, 0.2) is 0 Å². The summed E-state index contributed by atoms with van der Waals surface area (Å²) in [7, 11) is 0. The lowest BCUT2D eigenvalue weighted by molar-refractivity contribution is -0.171. The van der Waals surface area contributed by atoms with E-state index in [2.05, 4.69) is 33.6 Å². The Labute approximate surface area is 207 Å². The van der Waals surface area contributed by atoms with E-state index in [9.17, 15) is 30.6 Å². The van der Waals surface area contributed by atoms with Gasteiger partial charge < -0.3 is 40.1 Å². The zero-order chi connectivity index (χ0) is 25.4. The molecule has 2 saturated heterocycles. The van der Waals surface area contributed by atoms with Crippen LogP contribution in [-0.2, 0) is 9.47 Å². The molecule has 10 atom stereocenters. The topological polar surface area (TPSA) is 166 Å². The first-order valence-electron chi connectivity index (χ1n) is 11.6. The quantitative estimate of drug-likeness (QED) is 0.265. The molecule has 36 heavy (non-hydrogen) atoms. The maximum Gasteiger partial charge on any atom is 0.148 e. The summed E-state index contributed by atoms with van der Waals surface area (Å²) in [5.41, 5.74) is 1.63. The lowest BCUT2D eigenvalue weighted by atomic mass is 9.83. The van der Waals surface area contributed by atoms with Gasteiger partial charge in [-0.2, -0.15) is 0 Å². The predicted octanol–water partition coefficient (Wildman–Crippen LogP) is -1.71. The minimum atomic E-state index is -1.41. The molecular weight excluding hydrogens is 468 g/mol. The highest BCUT2D eigenvalue weighted by molar-refractivity contribution is 5.55. The van der Waals surface area contributed by atoms with Gasteiger partial charge in [-0.1, -0.05) is 24.0 Å². The highest BCUT2D eigenvalue weighted by atomic mass is 16.5. The van der Waals surface area contributed by atoms with Gasteiger partial charge in [-0.25, -0.2) is 0 Å². The third kappa shape index (κ3) is 4.39. The van der Waals surface area contributed by atoms with Crippen LogP contribution in [0, 0.1) is 23.7 Å². The number of hydrogen-bond donors (Lipinski definition) is 6. The first-order chi connectivity index (χ1) is 17.4. The van der Waals surface area contributed by atoms with Crippen LogP contribution in [0.4, 0.5) is 0 Å². The third-order valence-corrected chi connectivity index (χ3v) is 6.84. The lowest BCUT2D eigenvalue weighted by Crippen LogP contribution is -2.54. The number of rotatable bonds is 2. The molecule has 2 aromatic heterocycles. The smallest absolute Gasteiger partial charge is 0.148 e. The summed E-state index contributed by atoms with van der Waals surface area (Å²) >= 11 is 0. The Balaban J connectivity index is 1.66. The lowest BCUT2D eigenvalue weighted by Gasteiger charge is -2.40. The summed E-state index contributed by atoms with van der Waals surface area (Å²) in [6.07, 6.45) is -9.53. The Morgan fingerprint density at radius 2 is 1.06 bits per heavy atom. The van der Waals surface area contributed by atoms with Crippen LogP contribution in [-0.4, -0.2) is 103 Å². The molecule has 10 nitrogen and oxygen atoms in total. The Morgan fingerprint density at radius 1 is 0.639 bits per heavy atom. The maximum atomic E-state index is 10.9. The Morgan fingerprint density at radius 3 is 1.44 bits per heavy atom. The second-order valence-corrected chi connectivity index (χ2v) is 9.00. The maximum absolute atomic E-state index is 10.9. The third-order valence-electron chi connectivity index (χ3n) is 6.84. The van der Waals surface area contributed by atoms with Crippen molar-refractivity contribution in [2.45, 2.75) is 60.7 Å². The fourth-order valence-electron chi connectivity index (χ4n) is 4.99. The Hall–Kier alpha value is -2.90. The van der Waals surface area contributed by atoms with Crippen molar-refractivity contribution < 1.29 is 40.1 Å². The monoisotopic (exact) mass is 494 g/mol. The molecule has 6 N–H and O–H groups in total. The summed E-state index contributed by atoms with van der Waals surface area (Å²) in [6.45, 7) is -0.885. The minimum absolute atomic E-state index is 0.380. The molecule has 6 aliphatic heterocycles. The largest absolute Gasteiger partial charge is 0.394 e. The van der Waals surface area contributed by atoms with Gasteiger partial charge in [0.05, 0.1) is 60.9 Å². The molecule has 2 fully saturated rings. The van der Waals surface area contributed by atoms with Crippen molar-refractivity contribution in [1.29, 1.82) is 0 Å². The van der Waals surface area contributed by atoms with Crippen molar-refractivity contribution in [2.24, 2.45) is 0 Å². The molecule has 2 aromatic rings. The van der Waals surface area contributed by atoms with E-state index in [1.807, 2.05) is 0 Å².